The molecule has 2 heterocycles. The monoisotopic (exact) mass is 297 g/mol. The molecule has 0 saturated heterocycles. The average molecular weight is 297 g/mol. The summed E-state index contributed by atoms with van der Waals surface area (Å²) < 4.78 is 16.1. The molecule has 0 bridgehead atoms. The van der Waals surface area contributed by atoms with Gasteiger partial charge in [-0.3, -0.25) is 0 Å². The lowest BCUT2D eigenvalue weighted by Gasteiger charge is -2.09. The zero-order valence-electron chi connectivity index (χ0n) is 12.2. The van der Waals surface area contributed by atoms with E-state index in [0.29, 0.717) is 12.1 Å². The lowest BCUT2D eigenvalue weighted by Crippen LogP contribution is -2.03. The molecule has 3 aromatic rings. The van der Waals surface area contributed by atoms with Gasteiger partial charge < -0.3 is 9.88 Å². The Labute approximate surface area is 127 Å². The molecule has 0 spiro atoms. The number of aromatic nitrogens is 4. The first-order valence-corrected chi connectivity index (χ1v) is 7.07. The predicted octanol–water partition coefficient (Wildman–Crippen LogP) is 3.17. The zero-order valence-corrected chi connectivity index (χ0v) is 12.2. The first kappa shape index (κ1) is 14.2. The highest BCUT2D eigenvalue weighted by molar-refractivity contribution is 5.57. The number of nitrogens with one attached hydrogen (secondary N) is 1. The third-order valence-electron chi connectivity index (χ3n) is 3.34. The summed E-state index contributed by atoms with van der Waals surface area (Å²) in [5.41, 5.74) is 2.34. The SMILES string of the molecule is CCc1ncnc(Nc2ccc(Cn3ccnc3)cc2)c1F. The zero-order chi connectivity index (χ0) is 15.4. The van der Waals surface area contributed by atoms with Crippen molar-refractivity contribution in [3.05, 3.63) is 66.4 Å². The second-order valence-electron chi connectivity index (χ2n) is 4.89. The van der Waals surface area contributed by atoms with Gasteiger partial charge >= 0.3 is 0 Å². The van der Waals surface area contributed by atoms with E-state index in [4.69, 9.17) is 0 Å². The van der Waals surface area contributed by atoms with E-state index in [1.165, 1.54) is 6.33 Å². The van der Waals surface area contributed by atoms with E-state index in [1.807, 2.05) is 42.0 Å². The van der Waals surface area contributed by atoms with Crippen LogP contribution in [-0.4, -0.2) is 19.5 Å². The van der Waals surface area contributed by atoms with Crippen LogP contribution in [0.2, 0.25) is 0 Å². The van der Waals surface area contributed by atoms with E-state index in [9.17, 15) is 4.39 Å². The maximum atomic E-state index is 14.1. The summed E-state index contributed by atoms with van der Waals surface area (Å²) in [7, 11) is 0. The van der Waals surface area contributed by atoms with Crippen LogP contribution in [0.5, 0.6) is 0 Å². The Morgan fingerprint density at radius 1 is 1.18 bits per heavy atom. The Morgan fingerprint density at radius 2 is 2.00 bits per heavy atom. The van der Waals surface area contributed by atoms with Gasteiger partial charge in [0.15, 0.2) is 11.6 Å². The number of rotatable bonds is 5. The minimum atomic E-state index is -0.396. The first-order chi connectivity index (χ1) is 10.8. The van der Waals surface area contributed by atoms with Crippen LogP contribution in [0, 0.1) is 5.82 Å². The molecule has 0 unspecified atom stereocenters. The molecule has 5 nitrogen and oxygen atoms in total. The van der Waals surface area contributed by atoms with Crippen molar-refractivity contribution in [3.63, 3.8) is 0 Å². The fourth-order valence-electron chi connectivity index (χ4n) is 2.16. The fraction of sp³-hybridized carbons (Fsp3) is 0.188. The molecule has 0 fully saturated rings. The smallest absolute Gasteiger partial charge is 0.187 e. The van der Waals surface area contributed by atoms with Crippen molar-refractivity contribution in [2.45, 2.75) is 19.9 Å². The number of imidazole rings is 1. The van der Waals surface area contributed by atoms with E-state index in [0.717, 1.165) is 17.8 Å². The number of nitrogens with zero attached hydrogens (tertiary/aromatic N) is 4. The van der Waals surface area contributed by atoms with Crippen molar-refractivity contribution >= 4 is 11.5 Å². The normalized spacial score (nSPS) is 10.6. The van der Waals surface area contributed by atoms with Gasteiger partial charge in [-0.15, -0.1) is 0 Å². The number of hydrogen-bond donors (Lipinski definition) is 1. The molecule has 0 aliphatic heterocycles. The summed E-state index contributed by atoms with van der Waals surface area (Å²) in [4.78, 5) is 11.9. The summed E-state index contributed by atoms with van der Waals surface area (Å²) in [6.07, 6.45) is 7.34. The Balaban J connectivity index is 1.73. The molecular weight excluding hydrogens is 281 g/mol. The highest BCUT2D eigenvalue weighted by atomic mass is 19.1. The second-order valence-corrected chi connectivity index (χ2v) is 4.89. The van der Waals surface area contributed by atoms with Crippen LogP contribution in [0.25, 0.3) is 0 Å². The summed E-state index contributed by atoms with van der Waals surface area (Å²) in [5.74, 6) is -0.193. The van der Waals surface area contributed by atoms with Crippen LogP contribution < -0.4 is 5.32 Å². The van der Waals surface area contributed by atoms with E-state index in [1.54, 1.807) is 12.5 Å². The van der Waals surface area contributed by atoms with Crippen LogP contribution in [0.4, 0.5) is 15.9 Å². The quantitative estimate of drug-likeness (QED) is 0.786. The molecule has 0 amide bonds. The second kappa shape index (κ2) is 6.34. The highest BCUT2D eigenvalue weighted by Crippen LogP contribution is 2.19. The third-order valence-corrected chi connectivity index (χ3v) is 3.34. The number of benzene rings is 1. The molecule has 0 aliphatic rings. The molecule has 1 aromatic carbocycles. The van der Waals surface area contributed by atoms with Crippen molar-refractivity contribution in [3.8, 4) is 0 Å². The minimum Gasteiger partial charge on any atom is -0.338 e. The standard InChI is InChI=1S/C16H16FN5/c1-2-14-15(17)16(20-10-19-14)21-13-5-3-12(4-6-13)9-22-8-7-18-11-22/h3-8,10-11H,2,9H2,1H3,(H,19,20,21). The summed E-state index contributed by atoms with van der Waals surface area (Å²) >= 11 is 0. The number of hydrogen-bond acceptors (Lipinski definition) is 4. The van der Waals surface area contributed by atoms with Gasteiger partial charge in [-0.1, -0.05) is 19.1 Å². The summed E-state index contributed by atoms with van der Waals surface area (Å²) in [6.45, 7) is 2.61. The first-order valence-electron chi connectivity index (χ1n) is 7.07. The number of halogens is 1. The summed E-state index contributed by atoms with van der Waals surface area (Å²) in [6, 6.07) is 7.78. The molecule has 2 aromatic heterocycles. The lowest BCUT2D eigenvalue weighted by atomic mass is 10.2. The topological polar surface area (TPSA) is 55.6 Å². The lowest BCUT2D eigenvalue weighted by molar-refractivity contribution is 0.599. The van der Waals surface area contributed by atoms with Gasteiger partial charge in [0.2, 0.25) is 0 Å². The fourth-order valence-corrected chi connectivity index (χ4v) is 2.16. The van der Waals surface area contributed by atoms with Gasteiger partial charge in [0.1, 0.15) is 6.33 Å². The molecule has 0 saturated carbocycles. The number of anilines is 2. The molecular formula is C16H16FN5. The molecule has 0 aliphatic carbocycles. The third kappa shape index (κ3) is 3.11. The predicted molar refractivity (Wildman–Crippen MR) is 82.4 cm³/mol. The van der Waals surface area contributed by atoms with E-state index in [2.05, 4.69) is 20.3 Å². The van der Waals surface area contributed by atoms with Crippen LogP contribution in [0.3, 0.4) is 0 Å². The summed E-state index contributed by atoms with van der Waals surface area (Å²) in [5, 5.41) is 2.99. The van der Waals surface area contributed by atoms with Crippen molar-refractivity contribution in [2.75, 3.05) is 5.32 Å². The maximum absolute atomic E-state index is 14.1. The van der Waals surface area contributed by atoms with Gasteiger partial charge in [0.25, 0.3) is 0 Å². The van der Waals surface area contributed by atoms with E-state index < -0.39 is 5.82 Å². The Kier molecular flexibility index (Phi) is 4.09. The van der Waals surface area contributed by atoms with E-state index in [-0.39, 0.29) is 5.82 Å². The van der Waals surface area contributed by atoms with Crippen LogP contribution >= 0.6 is 0 Å². The van der Waals surface area contributed by atoms with Crippen molar-refractivity contribution in [1.29, 1.82) is 0 Å². The molecule has 0 atom stereocenters. The van der Waals surface area contributed by atoms with Gasteiger partial charge in [-0.2, -0.15) is 0 Å². The van der Waals surface area contributed by atoms with Gasteiger partial charge in [-0.05, 0) is 24.1 Å². The number of aryl methyl sites for hydroxylation is 1. The Morgan fingerprint density at radius 3 is 2.68 bits per heavy atom. The molecule has 3 rings (SSSR count). The minimum absolute atomic E-state index is 0.203. The molecule has 112 valence electrons. The molecule has 22 heavy (non-hydrogen) atoms. The van der Waals surface area contributed by atoms with Gasteiger partial charge in [0, 0.05) is 24.6 Å². The average Bonchev–Trinajstić information content (AvgIpc) is 3.04. The van der Waals surface area contributed by atoms with Crippen molar-refractivity contribution in [1.82, 2.24) is 19.5 Å². The van der Waals surface area contributed by atoms with Crippen molar-refractivity contribution < 1.29 is 4.39 Å². The van der Waals surface area contributed by atoms with Crippen molar-refractivity contribution in [2.24, 2.45) is 0 Å². The van der Waals surface area contributed by atoms with Crippen LogP contribution in [-0.2, 0) is 13.0 Å². The molecule has 6 heteroatoms. The Hall–Kier alpha value is -2.76. The molecule has 0 radical (unpaired) electrons. The molecule has 1 N–H and O–H groups in total. The van der Waals surface area contributed by atoms with Crippen LogP contribution in [0.1, 0.15) is 18.2 Å². The highest BCUT2D eigenvalue weighted by Gasteiger charge is 2.09. The van der Waals surface area contributed by atoms with Crippen LogP contribution in [0.15, 0.2) is 49.3 Å². The van der Waals surface area contributed by atoms with Gasteiger partial charge in [0.05, 0.1) is 12.0 Å². The van der Waals surface area contributed by atoms with E-state index >= 15 is 0 Å². The maximum Gasteiger partial charge on any atom is 0.187 e. The Bertz CT molecular complexity index is 738. The van der Waals surface area contributed by atoms with Gasteiger partial charge in [-0.25, -0.2) is 19.3 Å². The largest absolute Gasteiger partial charge is 0.338 e.